The quantitative estimate of drug-likeness (QED) is 0.122. The van der Waals surface area contributed by atoms with E-state index in [1.165, 1.54) is 65.8 Å². The third kappa shape index (κ3) is 8.52. The minimum atomic E-state index is -1.52. The van der Waals surface area contributed by atoms with Gasteiger partial charge < -0.3 is 14.0 Å². The number of rotatable bonds is 7. The Bertz CT molecular complexity index is 2940. The maximum Gasteiger partial charge on any atom is 0.263 e. The molecular formula is C42H35ClF4N10O4. The topological polar surface area (TPSA) is 184 Å². The summed E-state index contributed by atoms with van der Waals surface area (Å²) in [6, 6.07) is 14.5. The summed E-state index contributed by atoms with van der Waals surface area (Å²) in [7, 11) is 0. The molecule has 6 heterocycles. The Hall–Kier alpha value is -6.69. The number of hydrogen-bond acceptors (Lipinski definition) is 12. The number of hydrogen-bond donors (Lipinski definition) is 1. The van der Waals surface area contributed by atoms with Crippen molar-refractivity contribution < 1.29 is 26.6 Å². The standard InChI is InChI=1S/C21H17F2N5O2.C13H11ClF2N2O.C8H7N3O/c1-12-6-7-24-19-17(12)20(29)28(11-25-19)10-16-26-18(27-30-16)13-8-21(23,9-13)14-2-4-15(22)5-3-14;14-7-11-17-12(18-19-11)8-5-13(16,6-8)9-1-3-10(15)4-2-9;1-5-2-3-9-7-6(5)8(12)11-4-10-7/h2-7,11,13H,8-10H2,1H3;1-4,8H,5-7H2;2-4H,1H3,(H,9,10,11,12). The molecule has 0 bridgehead atoms. The smallest absolute Gasteiger partial charge is 0.263 e. The van der Waals surface area contributed by atoms with Crippen LogP contribution in [0.25, 0.3) is 22.1 Å². The highest BCUT2D eigenvalue weighted by atomic mass is 35.5. The molecule has 2 aromatic carbocycles. The molecule has 312 valence electrons. The summed E-state index contributed by atoms with van der Waals surface area (Å²) in [4.78, 5) is 51.2. The van der Waals surface area contributed by atoms with Crippen LogP contribution in [0.1, 0.15) is 83.2 Å². The molecule has 0 unspecified atom stereocenters. The predicted molar refractivity (Wildman–Crippen MR) is 213 cm³/mol. The highest BCUT2D eigenvalue weighted by molar-refractivity contribution is 6.16. The molecular weight excluding hydrogens is 820 g/mol. The van der Waals surface area contributed by atoms with Crippen LogP contribution in [0.4, 0.5) is 17.6 Å². The molecule has 1 N–H and O–H groups in total. The van der Waals surface area contributed by atoms with E-state index in [0.717, 1.165) is 11.1 Å². The first-order valence-electron chi connectivity index (χ1n) is 19.0. The van der Waals surface area contributed by atoms with Crippen LogP contribution in [0.3, 0.4) is 0 Å². The number of pyridine rings is 2. The number of H-pyrrole nitrogens is 1. The molecule has 0 saturated heterocycles. The number of nitrogens with one attached hydrogen (secondary N) is 1. The molecule has 61 heavy (non-hydrogen) atoms. The third-order valence-electron chi connectivity index (χ3n) is 10.8. The molecule has 2 aliphatic carbocycles. The second-order valence-electron chi connectivity index (χ2n) is 14.9. The Labute approximate surface area is 348 Å². The second kappa shape index (κ2) is 16.8. The summed E-state index contributed by atoms with van der Waals surface area (Å²) in [6.45, 7) is 3.75. The summed E-state index contributed by atoms with van der Waals surface area (Å²) >= 11 is 5.57. The van der Waals surface area contributed by atoms with Gasteiger partial charge in [0.1, 0.15) is 41.7 Å². The van der Waals surface area contributed by atoms with Crippen molar-refractivity contribution in [3.8, 4) is 0 Å². The number of aryl methyl sites for hydroxylation is 2. The largest absolute Gasteiger partial charge is 0.338 e. The van der Waals surface area contributed by atoms with E-state index in [1.54, 1.807) is 24.5 Å². The summed E-state index contributed by atoms with van der Waals surface area (Å²) in [5.74, 6) is 0.594. The first kappa shape index (κ1) is 41.1. The van der Waals surface area contributed by atoms with Gasteiger partial charge in [0.05, 0.1) is 17.1 Å². The van der Waals surface area contributed by atoms with Crippen molar-refractivity contribution in [3.05, 3.63) is 164 Å². The van der Waals surface area contributed by atoms with E-state index in [2.05, 4.69) is 45.2 Å². The van der Waals surface area contributed by atoms with Gasteiger partial charge in [-0.1, -0.05) is 34.6 Å². The minimum Gasteiger partial charge on any atom is -0.338 e. The maximum absolute atomic E-state index is 15.0. The van der Waals surface area contributed by atoms with Crippen molar-refractivity contribution in [2.24, 2.45) is 0 Å². The van der Waals surface area contributed by atoms with E-state index in [0.29, 0.717) is 50.7 Å². The monoisotopic (exact) mass is 854 g/mol. The van der Waals surface area contributed by atoms with E-state index in [9.17, 15) is 22.8 Å². The van der Waals surface area contributed by atoms with Crippen molar-refractivity contribution in [1.29, 1.82) is 0 Å². The average Bonchev–Trinajstić information content (AvgIpc) is 3.91. The average molecular weight is 855 g/mol. The molecule has 0 radical (unpaired) electrons. The van der Waals surface area contributed by atoms with Crippen LogP contribution in [-0.4, -0.2) is 49.8 Å². The van der Waals surface area contributed by atoms with E-state index < -0.39 is 17.2 Å². The van der Waals surface area contributed by atoms with Crippen molar-refractivity contribution in [1.82, 2.24) is 49.8 Å². The third-order valence-corrected chi connectivity index (χ3v) is 11.0. The van der Waals surface area contributed by atoms with E-state index in [1.807, 2.05) is 13.8 Å². The maximum atomic E-state index is 15.0. The zero-order valence-electron chi connectivity index (χ0n) is 32.5. The zero-order valence-corrected chi connectivity index (χ0v) is 33.3. The van der Waals surface area contributed by atoms with Crippen LogP contribution in [0.2, 0.25) is 0 Å². The lowest BCUT2D eigenvalue weighted by Gasteiger charge is -2.40. The number of aromatic nitrogens is 10. The molecule has 8 aromatic rings. The van der Waals surface area contributed by atoms with Gasteiger partial charge in [-0.05, 0) is 98.2 Å². The van der Waals surface area contributed by atoms with Gasteiger partial charge >= 0.3 is 0 Å². The first-order chi connectivity index (χ1) is 29.3. The number of fused-ring (bicyclic) bond motifs is 2. The van der Waals surface area contributed by atoms with Crippen LogP contribution in [-0.2, 0) is 23.8 Å². The van der Waals surface area contributed by atoms with E-state index in [4.69, 9.17) is 20.6 Å². The lowest BCUT2D eigenvalue weighted by molar-refractivity contribution is 0.0332. The van der Waals surface area contributed by atoms with Crippen LogP contribution in [0.5, 0.6) is 0 Å². The fourth-order valence-electron chi connectivity index (χ4n) is 7.39. The molecule has 0 atom stereocenters. The number of benzene rings is 2. The lowest BCUT2D eigenvalue weighted by atomic mass is 9.68. The normalized spacial score (nSPS) is 20.5. The zero-order chi connectivity index (χ0) is 42.9. The van der Waals surface area contributed by atoms with Gasteiger partial charge in [0.2, 0.25) is 11.8 Å². The van der Waals surface area contributed by atoms with Gasteiger partial charge in [-0.3, -0.25) is 14.2 Å². The fourth-order valence-corrected chi connectivity index (χ4v) is 7.50. The highest BCUT2D eigenvalue weighted by Crippen LogP contribution is 2.54. The Kier molecular flexibility index (Phi) is 11.3. The SMILES string of the molecule is Cc1ccnc2nc[nH]c(=O)c12.Cc1ccnc2ncn(Cc3nc(C4CC(F)(c5ccc(F)cc5)C4)no3)c(=O)c12.Fc1ccc(C2(F)CC(c3noc(CCl)n3)C2)cc1. The molecule has 10 rings (SSSR count). The van der Waals surface area contributed by atoms with Crippen LogP contribution in [0.15, 0.2) is 104 Å². The molecule has 0 aliphatic heterocycles. The van der Waals surface area contributed by atoms with Crippen molar-refractivity contribution in [2.45, 2.75) is 75.1 Å². The minimum absolute atomic E-state index is 0.0640. The Morgan fingerprint density at radius 1 is 0.705 bits per heavy atom. The molecule has 0 spiro atoms. The molecule has 6 aromatic heterocycles. The summed E-state index contributed by atoms with van der Waals surface area (Å²) in [5.41, 5.74) is 0.174. The number of aromatic amines is 1. The fraction of sp³-hybridized carbons (Fsp3) is 0.286. The Morgan fingerprint density at radius 2 is 1.20 bits per heavy atom. The van der Waals surface area contributed by atoms with Gasteiger partial charge in [0, 0.05) is 24.2 Å². The van der Waals surface area contributed by atoms with Gasteiger partial charge in [-0.25, -0.2) is 37.5 Å². The highest BCUT2D eigenvalue weighted by Gasteiger charge is 2.49. The predicted octanol–water partition coefficient (Wildman–Crippen LogP) is 7.73. The van der Waals surface area contributed by atoms with Gasteiger partial charge in [0.25, 0.3) is 11.1 Å². The molecule has 0 amide bonds. The number of alkyl halides is 3. The molecule has 19 heteroatoms. The molecule has 2 saturated carbocycles. The summed E-state index contributed by atoms with van der Waals surface area (Å²) in [6.07, 6.45) is 6.94. The number of halogens is 5. The summed E-state index contributed by atoms with van der Waals surface area (Å²) in [5, 5.41) is 8.76. The van der Waals surface area contributed by atoms with Crippen LogP contribution < -0.4 is 11.1 Å². The molecule has 14 nitrogen and oxygen atoms in total. The molecule has 2 fully saturated rings. The van der Waals surface area contributed by atoms with Crippen LogP contribution in [0, 0.1) is 25.5 Å². The number of nitrogens with zero attached hydrogens (tertiary/aromatic N) is 9. The van der Waals surface area contributed by atoms with E-state index in [-0.39, 0.29) is 72.8 Å². The second-order valence-corrected chi connectivity index (χ2v) is 15.2. The van der Waals surface area contributed by atoms with Crippen molar-refractivity contribution in [3.63, 3.8) is 0 Å². The van der Waals surface area contributed by atoms with Crippen LogP contribution >= 0.6 is 11.6 Å². The lowest BCUT2D eigenvalue weighted by Crippen LogP contribution is -2.36. The Morgan fingerprint density at radius 3 is 1.70 bits per heavy atom. The van der Waals surface area contributed by atoms with Gasteiger partial charge in [0.15, 0.2) is 22.9 Å². The molecule has 2 aliphatic rings. The Balaban J connectivity index is 0.000000141. The van der Waals surface area contributed by atoms with Crippen molar-refractivity contribution in [2.75, 3.05) is 0 Å². The van der Waals surface area contributed by atoms with Gasteiger partial charge in [-0.15, -0.1) is 11.6 Å². The summed E-state index contributed by atoms with van der Waals surface area (Å²) < 4.78 is 67.0. The van der Waals surface area contributed by atoms with Crippen molar-refractivity contribution >= 4 is 33.7 Å². The van der Waals surface area contributed by atoms with Gasteiger partial charge in [-0.2, -0.15) is 9.97 Å². The first-order valence-corrected chi connectivity index (χ1v) is 19.6. The van der Waals surface area contributed by atoms with E-state index >= 15 is 4.39 Å².